The van der Waals surface area contributed by atoms with Crippen molar-refractivity contribution in [3.8, 4) is 0 Å². The van der Waals surface area contributed by atoms with Gasteiger partial charge in [0.05, 0.1) is 0 Å². The maximum absolute atomic E-state index is 3.73. The zero-order chi connectivity index (χ0) is 16.5. The summed E-state index contributed by atoms with van der Waals surface area (Å²) in [4.78, 5) is 0. The van der Waals surface area contributed by atoms with Crippen LogP contribution < -0.4 is 0 Å². The number of hydrogen-bond acceptors (Lipinski definition) is 0. The SMILES string of the molecule is C=CCc1cccc(C)c1C.C=CCc1cccc(C)c1C. The summed E-state index contributed by atoms with van der Waals surface area (Å²) in [6, 6.07) is 12.8. The molecule has 0 unspecified atom stereocenters. The van der Waals surface area contributed by atoms with Gasteiger partial charge in [-0.15, -0.1) is 13.2 Å². The number of rotatable bonds is 4. The highest BCUT2D eigenvalue weighted by molar-refractivity contribution is 5.34. The molecule has 0 aliphatic heterocycles. The topological polar surface area (TPSA) is 0 Å². The maximum atomic E-state index is 3.73. The Labute approximate surface area is 136 Å². The predicted octanol–water partition coefficient (Wildman–Crippen LogP) is 6.06. The van der Waals surface area contributed by atoms with E-state index in [0.29, 0.717) is 0 Å². The third kappa shape index (κ3) is 5.04. The molecule has 0 aliphatic carbocycles. The van der Waals surface area contributed by atoms with Crippen LogP contribution in [-0.4, -0.2) is 0 Å². The van der Waals surface area contributed by atoms with E-state index in [2.05, 4.69) is 77.3 Å². The lowest BCUT2D eigenvalue weighted by Crippen LogP contribution is -1.88. The van der Waals surface area contributed by atoms with E-state index in [-0.39, 0.29) is 0 Å². The van der Waals surface area contributed by atoms with E-state index in [9.17, 15) is 0 Å². The Morgan fingerprint density at radius 3 is 1.36 bits per heavy atom. The Kier molecular flexibility index (Phi) is 7.39. The average molecular weight is 292 g/mol. The monoisotopic (exact) mass is 292 g/mol. The Balaban J connectivity index is 0.000000220. The molecular formula is C22H28. The largest absolute Gasteiger partial charge is 0.103 e. The third-order valence-electron chi connectivity index (χ3n) is 4.16. The second-order valence-corrected chi connectivity index (χ2v) is 5.70. The molecule has 2 aromatic rings. The first-order chi connectivity index (χ1) is 10.5. The zero-order valence-corrected chi connectivity index (χ0v) is 14.4. The fourth-order valence-corrected chi connectivity index (χ4v) is 2.38. The summed E-state index contributed by atoms with van der Waals surface area (Å²) in [6.45, 7) is 16.1. The Hall–Kier alpha value is -2.08. The molecule has 2 aromatic carbocycles. The van der Waals surface area contributed by atoms with Crippen LogP contribution >= 0.6 is 0 Å². The van der Waals surface area contributed by atoms with Crippen molar-refractivity contribution in [1.29, 1.82) is 0 Å². The minimum absolute atomic E-state index is 0.980. The van der Waals surface area contributed by atoms with Crippen molar-refractivity contribution in [2.75, 3.05) is 0 Å². The van der Waals surface area contributed by atoms with Crippen LogP contribution in [0, 0.1) is 27.7 Å². The maximum Gasteiger partial charge on any atom is -0.00974 e. The molecule has 0 saturated carbocycles. The molecule has 0 aliphatic rings. The molecule has 0 radical (unpaired) electrons. The van der Waals surface area contributed by atoms with Crippen molar-refractivity contribution in [1.82, 2.24) is 0 Å². The number of hydrogen-bond donors (Lipinski definition) is 0. The molecule has 22 heavy (non-hydrogen) atoms. The molecule has 0 nitrogen and oxygen atoms in total. The van der Waals surface area contributed by atoms with Gasteiger partial charge in [-0.3, -0.25) is 0 Å². The number of benzene rings is 2. The summed E-state index contributed by atoms with van der Waals surface area (Å²) in [6.07, 6.45) is 5.85. The molecule has 0 aromatic heterocycles. The van der Waals surface area contributed by atoms with Gasteiger partial charge in [0.2, 0.25) is 0 Å². The first-order valence-electron chi connectivity index (χ1n) is 7.83. The highest BCUT2D eigenvalue weighted by atomic mass is 14.0. The van der Waals surface area contributed by atoms with Gasteiger partial charge in [-0.25, -0.2) is 0 Å². The van der Waals surface area contributed by atoms with Gasteiger partial charge in [-0.1, -0.05) is 48.6 Å². The van der Waals surface area contributed by atoms with Crippen LogP contribution in [0.5, 0.6) is 0 Å². The van der Waals surface area contributed by atoms with Gasteiger partial charge >= 0.3 is 0 Å². The quantitative estimate of drug-likeness (QED) is 0.600. The third-order valence-corrected chi connectivity index (χ3v) is 4.16. The average Bonchev–Trinajstić information content (AvgIpc) is 2.50. The Morgan fingerprint density at radius 2 is 1.05 bits per heavy atom. The van der Waals surface area contributed by atoms with Crippen molar-refractivity contribution >= 4 is 0 Å². The normalized spacial score (nSPS) is 9.64. The molecule has 0 N–H and O–H groups in total. The van der Waals surface area contributed by atoms with Gasteiger partial charge in [-0.05, 0) is 73.9 Å². The highest BCUT2D eigenvalue weighted by Crippen LogP contribution is 2.13. The molecule has 0 heterocycles. The van der Waals surface area contributed by atoms with Crippen LogP contribution in [0.25, 0.3) is 0 Å². The van der Waals surface area contributed by atoms with Crippen LogP contribution in [0.4, 0.5) is 0 Å². The second-order valence-electron chi connectivity index (χ2n) is 5.70. The fourth-order valence-electron chi connectivity index (χ4n) is 2.38. The van der Waals surface area contributed by atoms with Gasteiger partial charge in [-0.2, -0.15) is 0 Å². The minimum Gasteiger partial charge on any atom is -0.103 e. The van der Waals surface area contributed by atoms with E-state index < -0.39 is 0 Å². The Bertz CT molecular complexity index is 575. The minimum atomic E-state index is 0.980. The van der Waals surface area contributed by atoms with Crippen LogP contribution in [0.1, 0.15) is 33.4 Å². The van der Waals surface area contributed by atoms with Crippen molar-refractivity contribution in [2.24, 2.45) is 0 Å². The number of allylic oxidation sites excluding steroid dienone is 2. The Morgan fingerprint density at radius 1 is 0.682 bits per heavy atom. The summed E-state index contributed by atoms with van der Waals surface area (Å²) < 4.78 is 0. The van der Waals surface area contributed by atoms with E-state index in [0.717, 1.165) is 12.8 Å². The summed E-state index contributed by atoms with van der Waals surface area (Å²) in [7, 11) is 0. The van der Waals surface area contributed by atoms with Crippen LogP contribution in [-0.2, 0) is 12.8 Å². The summed E-state index contributed by atoms with van der Waals surface area (Å²) in [5.74, 6) is 0. The van der Waals surface area contributed by atoms with E-state index in [4.69, 9.17) is 0 Å². The fraction of sp³-hybridized carbons (Fsp3) is 0.273. The molecule has 116 valence electrons. The van der Waals surface area contributed by atoms with Crippen molar-refractivity contribution in [3.05, 3.63) is 95.1 Å². The predicted molar refractivity (Wildman–Crippen MR) is 99.6 cm³/mol. The molecule has 0 heteroatoms. The van der Waals surface area contributed by atoms with E-state index in [1.807, 2.05) is 12.2 Å². The van der Waals surface area contributed by atoms with Gasteiger partial charge in [0, 0.05) is 0 Å². The van der Waals surface area contributed by atoms with Crippen molar-refractivity contribution in [2.45, 2.75) is 40.5 Å². The molecule has 0 bridgehead atoms. The lowest BCUT2D eigenvalue weighted by molar-refractivity contribution is 1.18. The zero-order valence-electron chi connectivity index (χ0n) is 14.4. The molecule has 0 atom stereocenters. The van der Waals surface area contributed by atoms with Crippen molar-refractivity contribution in [3.63, 3.8) is 0 Å². The van der Waals surface area contributed by atoms with Gasteiger partial charge in [0.1, 0.15) is 0 Å². The van der Waals surface area contributed by atoms with E-state index >= 15 is 0 Å². The van der Waals surface area contributed by atoms with Gasteiger partial charge in [0.15, 0.2) is 0 Å². The molecule has 0 saturated heterocycles. The standard InChI is InChI=1S/2C11H14/c2*1-4-6-11-8-5-7-9(2)10(11)3/h2*4-5,7-8H,1,6H2,2-3H3. The first-order valence-corrected chi connectivity index (χ1v) is 7.83. The first kappa shape index (κ1) is 18.0. The van der Waals surface area contributed by atoms with Crippen LogP contribution in [0.3, 0.4) is 0 Å². The number of aryl methyl sites for hydroxylation is 2. The smallest absolute Gasteiger partial charge is 0.00974 e. The van der Waals surface area contributed by atoms with Gasteiger partial charge < -0.3 is 0 Å². The van der Waals surface area contributed by atoms with Crippen molar-refractivity contribution < 1.29 is 0 Å². The lowest BCUT2D eigenvalue weighted by Gasteiger charge is -2.04. The summed E-state index contributed by atoms with van der Waals surface area (Å²) in [5.41, 5.74) is 8.30. The van der Waals surface area contributed by atoms with E-state index in [1.165, 1.54) is 33.4 Å². The molecule has 0 amide bonds. The van der Waals surface area contributed by atoms with Crippen LogP contribution in [0.2, 0.25) is 0 Å². The highest BCUT2D eigenvalue weighted by Gasteiger charge is 1.97. The molecule has 2 rings (SSSR count). The molecule has 0 fully saturated rings. The van der Waals surface area contributed by atoms with E-state index in [1.54, 1.807) is 0 Å². The summed E-state index contributed by atoms with van der Waals surface area (Å²) >= 11 is 0. The molecular weight excluding hydrogens is 264 g/mol. The van der Waals surface area contributed by atoms with Crippen LogP contribution in [0.15, 0.2) is 61.7 Å². The second kappa shape index (κ2) is 9.04. The van der Waals surface area contributed by atoms with Gasteiger partial charge in [0.25, 0.3) is 0 Å². The lowest BCUT2D eigenvalue weighted by atomic mass is 10.0. The molecule has 0 spiro atoms. The summed E-state index contributed by atoms with van der Waals surface area (Å²) in [5, 5.41) is 0.